The number of nitrogens with one attached hydrogen (secondary N) is 1. The van der Waals surface area contributed by atoms with Crippen molar-refractivity contribution < 1.29 is 9.90 Å². The highest BCUT2D eigenvalue weighted by molar-refractivity contribution is 7.13. The summed E-state index contributed by atoms with van der Waals surface area (Å²) in [5.74, 6) is -1.04. The molecule has 19 heavy (non-hydrogen) atoms. The Hall–Kier alpha value is -1.14. The minimum absolute atomic E-state index is 0.390. The highest BCUT2D eigenvalue weighted by atomic mass is 32.1. The van der Waals surface area contributed by atoms with Crippen molar-refractivity contribution in [2.45, 2.75) is 45.1 Å². The third-order valence-corrected chi connectivity index (χ3v) is 4.95. The summed E-state index contributed by atoms with van der Waals surface area (Å²) in [5, 5.41) is 14.7. The molecule has 0 aromatic carbocycles. The molecule has 5 nitrogen and oxygen atoms in total. The molecule has 1 fully saturated rings. The van der Waals surface area contributed by atoms with Crippen LogP contribution in [-0.4, -0.2) is 22.6 Å². The zero-order valence-corrected chi connectivity index (χ0v) is 12.0. The first-order valence-corrected chi connectivity index (χ1v) is 7.62. The topological polar surface area (TPSA) is 88.2 Å². The van der Waals surface area contributed by atoms with E-state index in [4.69, 9.17) is 10.8 Å². The average Bonchev–Trinajstić information content (AvgIpc) is 3.05. The van der Waals surface area contributed by atoms with Gasteiger partial charge in [0.15, 0.2) is 5.13 Å². The van der Waals surface area contributed by atoms with Crippen molar-refractivity contribution in [3.05, 3.63) is 11.1 Å². The number of hydrogen-bond donors (Lipinski definition) is 3. The van der Waals surface area contributed by atoms with E-state index >= 15 is 0 Å². The molecule has 0 bridgehead atoms. The third-order valence-electron chi connectivity index (χ3n) is 4.14. The number of nitrogens with two attached hydrogens (primary N) is 1. The minimum Gasteiger partial charge on any atom is -0.480 e. The van der Waals surface area contributed by atoms with Crippen LogP contribution < -0.4 is 11.1 Å². The molecule has 1 atom stereocenters. The van der Waals surface area contributed by atoms with Crippen LogP contribution in [0, 0.1) is 5.41 Å². The van der Waals surface area contributed by atoms with Gasteiger partial charge in [-0.3, -0.25) is 4.79 Å². The Balaban J connectivity index is 1.95. The second-order valence-corrected chi connectivity index (χ2v) is 6.17. The van der Waals surface area contributed by atoms with Gasteiger partial charge in [0.25, 0.3) is 0 Å². The summed E-state index contributed by atoms with van der Waals surface area (Å²) in [6.07, 6.45) is 6.32. The van der Waals surface area contributed by atoms with Crippen LogP contribution in [0.1, 0.15) is 50.8 Å². The number of thiazole rings is 1. The molecule has 4 N–H and O–H groups in total. The largest absolute Gasteiger partial charge is 0.480 e. The number of aliphatic carboxylic acids is 1. The van der Waals surface area contributed by atoms with Crippen molar-refractivity contribution in [2.24, 2.45) is 11.1 Å². The zero-order chi connectivity index (χ0) is 13.9. The van der Waals surface area contributed by atoms with E-state index in [1.807, 2.05) is 0 Å². The summed E-state index contributed by atoms with van der Waals surface area (Å²) in [6, 6.07) is -1.03. The van der Waals surface area contributed by atoms with Gasteiger partial charge in [-0.05, 0) is 24.7 Å². The fourth-order valence-electron chi connectivity index (χ4n) is 2.68. The van der Waals surface area contributed by atoms with Gasteiger partial charge in [-0.2, -0.15) is 0 Å². The van der Waals surface area contributed by atoms with Gasteiger partial charge in [-0.15, -0.1) is 11.3 Å². The molecule has 1 heterocycles. The van der Waals surface area contributed by atoms with Gasteiger partial charge in [-0.25, -0.2) is 4.98 Å². The number of nitrogens with zero attached hydrogens (tertiary/aromatic N) is 1. The standard InChI is InChI=1S/C13H21N3O2S/c1-2-13(5-3-4-6-13)8-15-12-16-9(7-19-12)10(14)11(17)18/h7,10H,2-6,8,14H2,1H3,(H,15,16)(H,17,18). The van der Waals surface area contributed by atoms with Crippen LogP contribution in [0.4, 0.5) is 5.13 Å². The number of carboxylic acids is 1. The summed E-state index contributed by atoms with van der Waals surface area (Å²) in [7, 11) is 0. The average molecular weight is 283 g/mol. The summed E-state index contributed by atoms with van der Waals surface area (Å²) in [6.45, 7) is 3.15. The van der Waals surface area contributed by atoms with Gasteiger partial charge in [0.05, 0.1) is 5.69 Å². The number of rotatable bonds is 6. The lowest BCUT2D eigenvalue weighted by molar-refractivity contribution is -0.138. The maximum Gasteiger partial charge on any atom is 0.326 e. The van der Waals surface area contributed by atoms with Crippen LogP contribution in [0.2, 0.25) is 0 Å². The molecule has 1 aliphatic carbocycles. The molecule has 1 unspecified atom stereocenters. The molecule has 1 saturated carbocycles. The predicted octanol–water partition coefficient (Wildman–Crippen LogP) is 2.61. The molecule has 106 valence electrons. The molecule has 6 heteroatoms. The van der Waals surface area contributed by atoms with E-state index in [0.29, 0.717) is 11.1 Å². The van der Waals surface area contributed by atoms with E-state index < -0.39 is 12.0 Å². The lowest BCUT2D eigenvalue weighted by atomic mass is 9.83. The first-order chi connectivity index (χ1) is 9.06. The predicted molar refractivity (Wildman–Crippen MR) is 76.4 cm³/mol. The second kappa shape index (κ2) is 5.88. The molecule has 1 aromatic heterocycles. The van der Waals surface area contributed by atoms with Gasteiger partial charge in [0.2, 0.25) is 0 Å². The Labute approximate surface area is 117 Å². The fourth-order valence-corrected chi connectivity index (χ4v) is 3.43. The van der Waals surface area contributed by atoms with E-state index in [9.17, 15) is 4.79 Å². The maximum atomic E-state index is 10.8. The van der Waals surface area contributed by atoms with Gasteiger partial charge in [-0.1, -0.05) is 19.8 Å². The summed E-state index contributed by atoms with van der Waals surface area (Å²) >= 11 is 1.42. The minimum atomic E-state index is -1.04. The van der Waals surface area contributed by atoms with Crippen LogP contribution in [0.3, 0.4) is 0 Å². The van der Waals surface area contributed by atoms with Gasteiger partial charge in [0, 0.05) is 11.9 Å². The van der Waals surface area contributed by atoms with Crippen LogP contribution in [0.15, 0.2) is 5.38 Å². The Kier molecular flexibility index (Phi) is 4.42. The zero-order valence-electron chi connectivity index (χ0n) is 11.2. The van der Waals surface area contributed by atoms with E-state index in [1.54, 1.807) is 5.38 Å². The van der Waals surface area contributed by atoms with Crippen molar-refractivity contribution in [1.82, 2.24) is 4.98 Å². The molecule has 0 amide bonds. The first-order valence-electron chi connectivity index (χ1n) is 6.74. The molecule has 1 aromatic rings. The van der Waals surface area contributed by atoms with Crippen LogP contribution in [0.25, 0.3) is 0 Å². The second-order valence-electron chi connectivity index (χ2n) is 5.31. The monoisotopic (exact) mass is 283 g/mol. The SMILES string of the molecule is CCC1(CNc2nc(C(N)C(=O)O)cs2)CCCC1. The quantitative estimate of drug-likeness (QED) is 0.747. The number of anilines is 1. The van der Waals surface area contributed by atoms with E-state index in [0.717, 1.165) is 11.7 Å². The Morgan fingerprint density at radius 2 is 2.32 bits per heavy atom. The highest BCUT2D eigenvalue weighted by Crippen LogP contribution is 2.41. The summed E-state index contributed by atoms with van der Waals surface area (Å²) in [5.41, 5.74) is 6.36. The highest BCUT2D eigenvalue weighted by Gasteiger charge is 2.31. The van der Waals surface area contributed by atoms with Crippen molar-refractivity contribution in [1.29, 1.82) is 0 Å². The van der Waals surface area contributed by atoms with Gasteiger partial charge in [0.1, 0.15) is 6.04 Å². The molecular formula is C13H21N3O2S. The van der Waals surface area contributed by atoms with Crippen molar-refractivity contribution in [2.75, 3.05) is 11.9 Å². The summed E-state index contributed by atoms with van der Waals surface area (Å²) in [4.78, 5) is 15.1. The first kappa shape index (κ1) is 14.3. The molecule has 0 spiro atoms. The van der Waals surface area contributed by atoms with E-state index in [-0.39, 0.29) is 0 Å². The van der Waals surface area contributed by atoms with Crippen LogP contribution in [-0.2, 0) is 4.79 Å². The number of carboxylic acid groups (broad SMARTS) is 1. The Bertz CT molecular complexity index is 441. The Morgan fingerprint density at radius 3 is 2.89 bits per heavy atom. The summed E-state index contributed by atoms with van der Waals surface area (Å²) < 4.78 is 0. The van der Waals surface area contributed by atoms with Crippen molar-refractivity contribution >= 4 is 22.4 Å². The van der Waals surface area contributed by atoms with E-state index in [2.05, 4.69) is 17.2 Å². The number of carbonyl (C=O) groups is 1. The van der Waals surface area contributed by atoms with Crippen LogP contribution >= 0.6 is 11.3 Å². The van der Waals surface area contributed by atoms with E-state index in [1.165, 1.54) is 43.4 Å². The van der Waals surface area contributed by atoms with Crippen molar-refractivity contribution in [3.8, 4) is 0 Å². The number of hydrogen-bond acceptors (Lipinski definition) is 5. The normalized spacial score (nSPS) is 19.3. The third kappa shape index (κ3) is 3.25. The maximum absolute atomic E-state index is 10.8. The lowest BCUT2D eigenvalue weighted by Crippen LogP contribution is -2.26. The van der Waals surface area contributed by atoms with Gasteiger partial charge >= 0.3 is 5.97 Å². The van der Waals surface area contributed by atoms with Crippen LogP contribution in [0.5, 0.6) is 0 Å². The fraction of sp³-hybridized carbons (Fsp3) is 0.692. The molecule has 0 saturated heterocycles. The molecule has 0 radical (unpaired) electrons. The lowest BCUT2D eigenvalue weighted by Gasteiger charge is -2.27. The van der Waals surface area contributed by atoms with Gasteiger partial charge < -0.3 is 16.2 Å². The smallest absolute Gasteiger partial charge is 0.326 e. The molecule has 0 aliphatic heterocycles. The Morgan fingerprint density at radius 1 is 1.63 bits per heavy atom. The molecule has 1 aliphatic rings. The molecular weight excluding hydrogens is 262 g/mol. The van der Waals surface area contributed by atoms with Crippen molar-refractivity contribution in [3.63, 3.8) is 0 Å². The molecule has 2 rings (SSSR count). The number of aromatic nitrogens is 1.